The summed E-state index contributed by atoms with van der Waals surface area (Å²) in [5, 5.41) is 3.32. The number of hydrogen-bond acceptors (Lipinski definition) is 3. The maximum absolute atomic E-state index is 11.9. The van der Waals surface area contributed by atoms with Gasteiger partial charge in [-0.25, -0.2) is 0 Å². The van der Waals surface area contributed by atoms with Gasteiger partial charge in [-0.2, -0.15) is 0 Å². The van der Waals surface area contributed by atoms with Crippen LogP contribution in [0.4, 0.5) is 0 Å². The number of carbonyl (C=O) groups excluding carboxylic acids is 1. The first kappa shape index (κ1) is 13.6. The van der Waals surface area contributed by atoms with Crippen LogP contribution in [0.2, 0.25) is 0 Å². The lowest BCUT2D eigenvalue weighted by atomic mass is 10.2. The van der Waals surface area contributed by atoms with Crippen molar-refractivity contribution in [1.82, 2.24) is 10.2 Å². The number of hydrogen-bond donors (Lipinski definition) is 1. The van der Waals surface area contributed by atoms with Crippen molar-refractivity contribution in [3.63, 3.8) is 0 Å². The Morgan fingerprint density at radius 1 is 1.56 bits per heavy atom. The second kappa shape index (κ2) is 5.85. The number of carbonyl (C=O) groups is 1. The molecule has 1 aromatic heterocycles. The van der Waals surface area contributed by atoms with Crippen LogP contribution in [-0.4, -0.2) is 36.5 Å². The molecule has 1 aliphatic rings. The van der Waals surface area contributed by atoms with Crippen molar-refractivity contribution in [2.45, 2.75) is 45.2 Å². The van der Waals surface area contributed by atoms with Crippen molar-refractivity contribution in [3.8, 4) is 0 Å². The summed E-state index contributed by atoms with van der Waals surface area (Å²) in [5.74, 6) is 0.215. The maximum Gasteiger partial charge on any atom is 0.236 e. The minimum Gasteiger partial charge on any atom is -0.342 e. The minimum atomic E-state index is 0.215. The van der Waals surface area contributed by atoms with E-state index in [1.807, 2.05) is 23.3 Å². The van der Waals surface area contributed by atoms with Crippen LogP contribution in [0.1, 0.15) is 29.5 Å². The maximum atomic E-state index is 11.9. The standard InChI is InChI=1S/C14H22N2OS/c1-10(8-13-7-4-11(2)18-13)15-9-14(17)16(3)12-5-6-12/h4,7,10,12,15H,5-6,8-9H2,1-3H3. The normalized spacial score (nSPS) is 16.6. The highest BCUT2D eigenvalue weighted by molar-refractivity contribution is 7.11. The van der Waals surface area contributed by atoms with Gasteiger partial charge in [0.1, 0.15) is 0 Å². The molecule has 1 aliphatic carbocycles. The molecule has 0 saturated heterocycles. The molecule has 100 valence electrons. The second-order valence-corrected chi connectivity index (χ2v) is 6.61. The van der Waals surface area contributed by atoms with E-state index in [-0.39, 0.29) is 5.91 Å². The van der Waals surface area contributed by atoms with Crippen molar-refractivity contribution in [2.24, 2.45) is 0 Å². The smallest absolute Gasteiger partial charge is 0.236 e. The zero-order chi connectivity index (χ0) is 13.1. The van der Waals surface area contributed by atoms with Gasteiger partial charge in [-0.3, -0.25) is 4.79 Å². The molecule has 1 amide bonds. The Labute approximate surface area is 113 Å². The van der Waals surface area contributed by atoms with E-state index in [1.165, 1.54) is 22.6 Å². The Bertz CT molecular complexity index is 412. The Kier molecular flexibility index (Phi) is 4.40. The van der Waals surface area contributed by atoms with Crippen LogP contribution in [-0.2, 0) is 11.2 Å². The molecular formula is C14H22N2OS. The molecule has 0 spiro atoms. The molecule has 2 rings (SSSR count). The van der Waals surface area contributed by atoms with Crippen LogP contribution in [0, 0.1) is 6.92 Å². The molecule has 1 N–H and O–H groups in total. The average molecular weight is 266 g/mol. The van der Waals surface area contributed by atoms with Gasteiger partial charge in [0.2, 0.25) is 5.91 Å². The molecule has 1 atom stereocenters. The fourth-order valence-electron chi connectivity index (χ4n) is 2.02. The van der Waals surface area contributed by atoms with E-state index in [1.54, 1.807) is 0 Å². The van der Waals surface area contributed by atoms with Gasteiger partial charge in [0.15, 0.2) is 0 Å². The zero-order valence-corrected chi connectivity index (χ0v) is 12.2. The molecule has 1 heterocycles. The average Bonchev–Trinajstić information content (AvgIpc) is 3.10. The van der Waals surface area contributed by atoms with Crippen LogP contribution in [0.25, 0.3) is 0 Å². The summed E-state index contributed by atoms with van der Waals surface area (Å²) >= 11 is 1.84. The summed E-state index contributed by atoms with van der Waals surface area (Å²) < 4.78 is 0. The van der Waals surface area contributed by atoms with Gasteiger partial charge in [-0.05, 0) is 45.2 Å². The first-order chi connectivity index (χ1) is 8.56. The van der Waals surface area contributed by atoms with Crippen LogP contribution < -0.4 is 5.32 Å². The number of nitrogens with one attached hydrogen (secondary N) is 1. The van der Waals surface area contributed by atoms with E-state index in [0.29, 0.717) is 18.6 Å². The van der Waals surface area contributed by atoms with Gasteiger partial charge in [0.05, 0.1) is 6.54 Å². The first-order valence-electron chi connectivity index (χ1n) is 6.60. The van der Waals surface area contributed by atoms with Gasteiger partial charge >= 0.3 is 0 Å². The number of aryl methyl sites for hydroxylation is 1. The highest BCUT2D eigenvalue weighted by Gasteiger charge is 2.29. The molecule has 0 radical (unpaired) electrons. The van der Waals surface area contributed by atoms with Gasteiger partial charge in [-0.1, -0.05) is 0 Å². The molecule has 0 aliphatic heterocycles. The van der Waals surface area contributed by atoms with Crippen molar-refractivity contribution < 1.29 is 4.79 Å². The monoisotopic (exact) mass is 266 g/mol. The van der Waals surface area contributed by atoms with Crippen LogP contribution in [0.15, 0.2) is 12.1 Å². The molecular weight excluding hydrogens is 244 g/mol. The van der Waals surface area contributed by atoms with Crippen molar-refractivity contribution in [1.29, 1.82) is 0 Å². The van der Waals surface area contributed by atoms with Gasteiger partial charge in [0.25, 0.3) is 0 Å². The quantitative estimate of drug-likeness (QED) is 0.856. The van der Waals surface area contributed by atoms with Crippen LogP contribution in [0.3, 0.4) is 0 Å². The third-order valence-corrected chi connectivity index (χ3v) is 4.42. The molecule has 0 bridgehead atoms. The zero-order valence-electron chi connectivity index (χ0n) is 11.4. The van der Waals surface area contributed by atoms with Crippen molar-refractivity contribution in [2.75, 3.05) is 13.6 Å². The summed E-state index contributed by atoms with van der Waals surface area (Å²) in [6.07, 6.45) is 3.34. The Morgan fingerprint density at radius 2 is 2.28 bits per heavy atom. The van der Waals surface area contributed by atoms with Crippen molar-refractivity contribution in [3.05, 3.63) is 21.9 Å². The molecule has 1 fully saturated rings. The van der Waals surface area contributed by atoms with E-state index in [2.05, 4.69) is 31.3 Å². The van der Waals surface area contributed by atoms with E-state index in [4.69, 9.17) is 0 Å². The third kappa shape index (κ3) is 3.82. The predicted octanol–water partition coefficient (Wildman–Crippen LogP) is 2.20. The van der Waals surface area contributed by atoms with Gasteiger partial charge in [0, 0.05) is 28.9 Å². The highest BCUT2D eigenvalue weighted by Crippen LogP contribution is 2.25. The SMILES string of the molecule is Cc1ccc(CC(C)NCC(=O)N(C)C2CC2)s1. The largest absolute Gasteiger partial charge is 0.342 e. The molecule has 1 saturated carbocycles. The first-order valence-corrected chi connectivity index (χ1v) is 7.42. The number of likely N-dealkylation sites (N-methyl/N-ethyl adjacent to an activating group) is 1. The highest BCUT2D eigenvalue weighted by atomic mass is 32.1. The lowest BCUT2D eigenvalue weighted by molar-refractivity contribution is -0.129. The van der Waals surface area contributed by atoms with E-state index < -0.39 is 0 Å². The number of amides is 1. The fraction of sp³-hybridized carbons (Fsp3) is 0.643. The minimum absolute atomic E-state index is 0.215. The molecule has 4 heteroatoms. The molecule has 3 nitrogen and oxygen atoms in total. The molecule has 18 heavy (non-hydrogen) atoms. The van der Waals surface area contributed by atoms with E-state index in [9.17, 15) is 4.79 Å². The second-order valence-electron chi connectivity index (χ2n) is 5.23. The lowest BCUT2D eigenvalue weighted by Gasteiger charge is -2.18. The molecule has 1 unspecified atom stereocenters. The predicted molar refractivity (Wildman–Crippen MR) is 76.0 cm³/mol. The fourth-order valence-corrected chi connectivity index (χ4v) is 3.04. The number of nitrogens with zero attached hydrogens (tertiary/aromatic N) is 1. The van der Waals surface area contributed by atoms with Gasteiger partial charge in [-0.15, -0.1) is 11.3 Å². The van der Waals surface area contributed by atoms with Crippen LogP contribution >= 0.6 is 11.3 Å². The summed E-state index contributed by atoms with van der Waals surface area (Å²) in [4.78, 5) is 16.5. The number of rotatable bonds is 6. The lowest BCUT2D eigenvalue weighted by Crippen LogP contribution is -2.40. The molecule has 0 aromatic carbocycles. The van der Waals surface area contributed by atoms with E-state index in [0.717, 1.165) is 6.42 Å². The summed E-state index contributed by atoms with van der Waals surface area (Å²) in [7, 11) is 1.91. The summed E-state index contributed by atoms with van der Waals surface area (Å²) in [6, 6.07) is 5.18. The topological polar surface area (TPSA) is 32.3 Å². The summed E-state index contributed by atoms with van der Waals surface area (Å²) in [5.41, 5.74) is 0. The number of thiophene rings is 1. The Balaban J connectivity index is 1.70. The summed E-state index contributed by atoms with van der Waals surface area (Å²) in [6.45, 7) is 4.72. The van der Waals surface area contributed by atoms with Crippen LogP contribution in [0.5, 0.6) is 0 Å². The Hall–Kier alpha value is -0.870. The van der Waals surface area contributed by atoms with E-state index >= 15 is 0 Å². The van der Waals surface area contributed by atoms with Gasteiger partial charge < -0.3 is 10.2 Å². The Morgan fingerprint density at radius 3 is 2.83 bits per heavy atom. The third-order valence-electron chi connectivity index (χ3n) is 3.39. The van der Waals surface area contributed by atoms with Crippen molar-refractivity contribution >= 4 is 17.2 Å². The molecule has 1 aromatic rings.